The molecule has 0 aromatic heterocycles. The van der Waals surface area contributed by atoms with Crippen molar-refractivity contribution in [2.75, 3.05) is 7.11 Å². The zero-order valence-electron chi connectivity index (χ0n) is 10.0. The molecule has 1 rings (SSSR count). The number of benzene rings is 1. The fraction of sp³-hybridized carbons (Fsp3) is 0.385. The Morgan fingerprint density at radius 2 is 2.12 bits per heavy atom. The number of hydrogen-bond donors (Lipinski definition) is 0. The normalized spacial score (nSPS) is 12.0. The summed E-state index contributed by atoms with van der Waals surface area (Å²) >= 11 is 6.00. The monoisotopic (exact) mass is 251 g/mol. The van der Waals surface area contributed by atoms with Crippen LogP contribution in [0.3, 0.4) is 0 Å². The molecule has 0 fully saturated rings. The molecule has 1 aromatic carbocycles. The van der Waals surface area contributed by atoms with Gasteiger partial charge >= 0.3 is 0 Å². The van der Waals surface area contributed by atoms with Gasteiger partial charge in [-0.2, -0.15) is 5.26 Å². The molecule has 0 bridgehead atoms. The largest absolute Gasteiger partial charge is 0.497 e. The van der Waals surface area contributed by atoms with Crippen LogP contribution in [0.2, 0.25) is 5.02 Å². The number of methoxy groups -OCH3 is 1. The summed E-state index contributed by atoms with van der Waals surface area (Å²) in [4.78, 5) is 12.1. The minimum atomic E-state index is -0.666. The zero-order valence-corrected chi connectivity index (χ0v) is 10.8. The number of ether oxygens (including phenoxy) is 1. The molecule has 1 unspecified atom stereocenters. The minimum Gasteiger partial charge on any atom is -0.497 e. The predicted octanol–water partition coefficient (Wildman–Crippen LogP) is 3.33. The maximum absolute atomic E-state index is 12.1. The van der Waals surface area contributed by atoms with Crippen molar-refractivity contribution in [1.82, 2.24) is 0 Å². The minimum absolute atomic E-state index is 0.0364. The fourth-order valence-corrected chi connectivity index (χ4v) is 1.76. The van der Waals surface area contributed by atoms with Crippen molar-refractivity contribution in [1.29, 1.82) is 5.26 Å². The standard InChI is InChI=1S/C13H14ClNO2/c1-8(2)11(7-15)13(16)10-5-4-9(17-3)6-12(10)14/h4-6,8,11H,1-3H3. The van der Waals surface area contributed by atoms with Gasteiger partial charge in [-0.25, -0.2) is 0 Å². The van der Waals surface area contributed by atoms with Crippen LogP contribution in [0, 0.1) is 23.2 Å². The Bertz CT molecular complexity index is 463. The third kappa shape index (κ3) is 2.98. The van der Waals surface area contributed by atoms with Crippen molar-refractivity contribution in [3.63, 3.8) is 0 Å². The zero-order chi connectivity index (χ0) is 13.0. The van der Waals surface area contributed by atoms with Crippen molar-refractivity contribution in [3.05, 3.63) is 28.8 Å². The Balaban J connectivity index is 3.09. The van der Waals surface area contributed by atoms with Crippen LogP contribution in [0.5, 0.6) is 5.75 Å². The molecular weight excluding hydrogens is 238 g/mol. The van der Waals surface area contributed by atoms with Crippen molar-refractivity contribution in [2.45, 2.75) is 13.8 Å². The van der Waals surface area contributed by atoms with Gasteiger partial charge in [0.2, 0.25) is 0 Å². The molecule has 1 aromatic rings. The summed E-state index contributed by atoms with van der Waals surface area (Å²) in [7, 11) is 1.53. The van der Waals surface area contributed by atoms with Crippen molar-refractivity contribution in [2.24, 2.45) is 11.8 Å². The first-order chi connectivity index (χ1) is 8.01. The molecule has 0 amide bonds. The number of nitriles is 1. The molecule has 4 heteroatoms. The average Bonchev–Trinajstić information content (AvgIpc) is 2.28. The second-order valence-electron chi connectivity index (χ2n) is 4.06. The summed E-state index contributed by atoms with van der Waals surface area (Å²) in [6.45, 7) is 3.67. The highest BCUT2D eigenvalue weighted by Crippen LogP contribution is 2.26. The molecular formula is C13H14ClNO2. The topological polar surface area (TPSA) is 50.1 Å². The highest BCUT2D eigenvalue weighted by Gasteiger charge is 2.24. The van der Waals surface area contributed by atoms with Crippen LogP contribution >= 0.6 is 11.6 Å². The molecule has 90 valence electrons. The fourth-order valence-electron chi connectivity index (χ4n) is 1.50. The van der Waals surface area contributed by atoms with Gasteiger partial charge in [0, 0.05) is 5.56 Å². The summed E-state index contributed by atoms with van der Waals surface area (Å²) in [5, 5.41) is 9.30. The Labute approximate surface area is 106 Å². The third-order valence-corrected chi connectivity index (χ3v) is 2.84. The second-order valence-corrected chi connectivity index (χ2v) is 4.47. The van der Waals surface area contributed by atoms with Gasteiger partial charge in [-0.05, 0) is 24.1 Å². The van der Waals surface area contributed by atoms with E-state index in [1.54, 1.807) is 18.2 Å². The van der Waals surface area contributed by atoms with E-state index in [0.29, 0.717) is 16.3 Å². The molecule has 0 saturated carbocycles. The van der Waals surface area contributed by atoms with E-state index in [1.807, 2.05) is 19.9 Å². The second kappa shape index (κ2) is 5.70. The van der Waals surface area contributed by atoms with Gasteiger partial charge in [-0.3, -0.25) is 4.79 Å². The Morgan fingerprint density at radius 3 is 2.53 bits per heavy atom. The molecule has 0 aliphatic carbocycles. The predicted molar refractivity (Wildman–Crippen MR) is 66.3 cm³/mol. The highest BCUT2D eigenvalue weighted by atomic mass is 35.5. The summed E-state index contributed by atoms with van der Waals surface area (Å²) < 4.78 is 5.00. The van der Waals surface area contributed by atoms with E-state index in [2.05, 4.69) is 0 Å². The van der Waals surface area contributed by atoms with Gasteiger partial charge in [0.05, 0.1) is 18.2 Å². The van der Waals surface area contributed by atoms with Gasteiger partial charge in [0.25, 0.3) is 0 Å². The van der Waals surface area contributed by atoms with E-state index < -0.39 is 5.92 Å². The van der Waals surface area contributed by atoms with Gasteiger partial charge in [-0.15, -0.1) is 0 Å². The Hall–Kier alpha value is -1.53. The molecule has 3 nitrogen and oxygen atoms in total. The number of carbonyl (C=O) groups excluding carboxylic acids is 1. The van der Waals surface area contributed by atoms with Crippen LogP contribution < -0.4 is 4.74 Å². The van der Waals surface area contributed by atoms with Crippen LogP contribution in [0.15, 0.2) is 18.2 Å². The van der Waals surface area contributed by atoms with Crippen molar-refractivity contribution >= 4 is 17.4 Å². The van der Waals surface area contributed by atoms with E-state index in [4.69, 9.17) is 21.6 Å². The first-order valence-corrected chi connectivity index (χ1v) is 5.66. The molecule has 0 aliphatic heterocycles. The lowest BCUT2D eigenvalue weighted by Gasteiger charge is -2.13. The summed E-state index contributed by atoms with van der Waals surface area (Å²) in [6.07, 6.45) is 0. The van der Waals surface area contributed by atoms with Crippen LogP contribution in [-0.4, -0.2) is 12.9 Å². The van der Waals surface area contributed by atoms with Crippen molar-refractivity contribution < 1.29 is 9.53 Å². The van der Waals surface area contributed by atoms with Gasteiger partial charge in [0.1, 0.15) is 11.7 Å². The Kier molecular flexibility index (Phi) is 4.53. The van der Waals surface area contributed by atoms with Gasteiger partial charge in [0.15, 0.2) is 5.78 Å². The Morgan fingerprint density at radius 1 is 1.47 bits per heavy atom. The smallest absolute Gasteiger partial charge is 0.181 e. The lowest BCUT2D eigenvalue weighted by atomic mass is 9.89. The van der Waals surface area contributed by atoms with Crippen LogP contribution in [0.25, 0.3) is 0 Å². The molecule has 0 radical (unpaired) electrons. The van der Waals surface area contributed by atoms with Crippen molar-refractivity contribution in [3.8, 4) is 11.8 Å². The van der Waals surface area contributed by atoms with Crippen LogP contribution in [-0.2, 0) is 0 Å². The third-order valence-electron chi connectivity index (χ3n) is 2.53. The maximum Gasteiger partial charge on any atom is 0.181 e. The summed E-state index contributed by atoms with van der Waals surface area (Å²) in [5.41, 5.74) is 0.368. The molecule has 17 heavy (non-hydrogen) atoms. The number of hydrogen-bond acceptors (Lipinski definition) is 3. The molecule has 0 aliphatic rings. The molecule has 0 spiro atoms. The SMILES string of the molecule is COc1ccc(C(=O)C(C#N)C(C)C)c(Cl)c1. The average molecular weight is 252 g/mol. The first-order valence-electron chi connectivity index (χ1n) is 5.28. The molecule has 0 heterocycles. The van der Waals surface area contributed by atoms with E-state index in [9.17, 15) is 4.79 Å². The van der Waals surface area contributed by atoms with E-state index in [0.717, 1.165) is 0 Å². The lowest BCUT2D eigenvalue weighted by Crippen LogP contribution is -2.19. The summed E-state index contributed by atoms with van der Waals surface area (Å²) in [5.74, 6) is -0.355. The quantitative estimate of drug-likeness (QED) is 0.772. The first kappa shape index (κ1) is 13.5. The maximum atomic E-state index is 12.1. The number of nitrogens with zero attached hydrogens (tertiary/aromatic N) is 1. The number of carbonyl (C=O) groups is 1. The van der Waals surface area contributed by atoms with Gasteiger partial charge < -0.3 is 4.74 Å². The molecule has 1 atom stereocenters. The van der Waals surface area contributed by atoms with E-state index in [1.165, 1.54) is 7.11 Å². The van der Waals surface area contributed by atoms with Crippen LogP contribution in [0.1, 0.15) is 24.2 Å². The molecule has 0 N–H and O–H groups in total. The number of rotatable bonds is 4. The molecule has 0 saturated heterocycles. The van der Waals surface area contributed by atoms with E-state index >= 15 is 0 Å². The highest BCUT2D eigenvalue weighted by molar-refractivity contribution is 6.34. The summed E-state index contributed by atoms with van der Waals surface area (Å²) in [6, 6.07) is 6.84. The van der Waals surface area contributed by atoms with Crippen LogP contribution in [0.4, 0.5) is 0 Å². The van der Waals surface area contributed by atoms with Gasteiger partial charge in [-0.1, -0.05) is 25.4 Å². The van der Waals surface area contributed by atoms with E-state index in [-0.39, 0.29) is 11.7 Å². The number of halogens is 1. The number of ketones is 1. The number of Topliss-reactive ketones (excluding diaryl/α,β-unsaturated/α-hetero) is 1. The lowest BCUT2D eigenvalue weighted by molar-refractivity contribution is 0.0924.